The molecule has 0 aliphatic heterocycles. The van der Waals surface area contributed by atoms with Gasteiger partial charge >= 0.3 is 0 Å². The van der Waals surface area contributed by atoms with E-state index >= 15 is 0 Å². The summed E-state index contributed by atoms with van der Waals surface area (Å²) in [4.78, 5) is 27.6. The molecule has 0 fully saturated rings. The van der Waals surface area contributed by atoms with Crippen molar-refractivity contribution in [2.75, 3.05) is 13.7 Å². The van der Waals surface area contributed by atoms with Crippen LogP contribution in [0.25, 0.3) is 0 Å². The number of carbonyl (C=O) groups excluding carboxylic acids is 2. The molecule has 0 aromatic heterocycles. The quantitative estimate of drug-likeness (QED) is 0.664. The Bertz CT molecular complexity index is 790. The van der Waals surface area contributed by atoms with Gasteiger partial charge in [-0.15, -0.1) is 0 Å². The molecule has 2 aromatic carbocycles. The van der Waals surface area contributed by atoms with E-state index in [1.54, 1.807) is 12.0 Å². The van der Waals surface area contributed by atoms with Crippen LogP contribution in [0.3, 0.4) is 0 Å². The van der Waals surface area contributed by atoms with E-state index in [1.807, 2.05) is 61.5 Å². The molecule has 0 spiro atoms. The Balaban J connectivity index is 2.33. The van der Waals surface area contributed by atoms with Crippen LogP contribution in [-0.4, -0.2) is 36.4 Å². The second kappa shape index (κ2) is 11.2. The van der Waals surface area contributed by atoms with Crippen LogP contribution >= 0.6 is 0 Å². The lowest BCUT2D eigenvalue weighted by Crippen LogP contribution is -2.50. The molecule has 5 nitrogen and oxygen atoms in total. The fraction of sp³-hybridized carbons (Fsp3) is 0.417. The molecule has 0 bridgehead atoms. The summed E-state index contributed by atoms with van der Waals surface area (Å²) in [6.45, 7) is 6.87. The summed E-state index contributed by atoms with van der Waals surface area (Å²) in [7, 11) is 1.62. The van der Waals surface area contributed by atoms with Gasteiger partial charge in [0.2, 0.25) is 11.8 Å². The van der Waals surface area contributed by atoms with Crippen LogP contribution in [0, 0.1) is 5.92 Å². The van der Waals surface area contributed by atoms with Crippen molar-refractivity contribution in [1.29, 1.82) is 0 Å². The Kier molecular flexibility index (Phi) is 8.71. The lowest BCUT2D eigenvalue weighted by atomic mass is 10.0. The minimum Gasteiger partial charge on any atom is -0.497 e. The maximum Gasteiger partial charge on any atom is 0.243 e. The number of nitrogens with zero attached hydrogens (tertiary/aromatic N) is 1. The zero-order valence-electron chi connectivity index (χ0n) is 17.9. The summed E-state index contributed by atoms with van der Waals surface area (Å²) in [6.07, 6.45) is 0.813. The summed E-state index contributed by atoms with van der Waals surface area (Å²) in [5.41, 5.74) is 1.96. The van der Waals surface area contributed by atoms with Crippen LogP contribution in [0.15, 0.2) is 54.6 Å². The first-order valence-electron chi connectivity index (χ1n) is 10.2. The van der Waals surface area contributed by atoms with Crippen molar-refractivity contribution in [3.8, 4) is 5.75 Å². The number of rotatable bonds is 10. The fourth-order valence-electron chi connectivity index (χ4n) is 3.15. The number of hydrogen-bond donors (Lipinski definition) is 1. The first-order valence-corrected chi connectivity index (χ1v) is 10.2. The van der Waals surface area contributed by atoms with Crippen molar-refractivity contribution < 1.29 is 14.3 Å². The molecule has 0 aliphatic rings. The van der Waals surface area contributed by atoms with Crippen molar-refractivity contribution >= 4 is 11.8 Å². The first-order chi connectivity index (χ1) is 13.9. The van der Waals surface area contributed by atoms with E-state index in [-0.39, 0.29) is 11.8 Å². The number of nitrogens with one attached hydrogen (secondary N) is 1. The SMILES string of the molecule is CCC(=O)N(Cc1cccc(OC)c1)C(Cc1ccccc1)C(=O)NCC(C)C. The van der Waals surface area contributed by atoms with Gasteiger partial charge in [0.05, 0.1) is 7.11 Å². The molecule has 0 aliphatic carbocycles. The van der Waals surface area contributed by atoms with Crippen molar-refractivity contribution in [2.24, 2.45) is 5.92 Å². The van der Waals surface area contributed by atoms with Crippen LogP contribution in [0.2, 0.25) is 0 Å². The van der Waals surface area contributed by atoms with E-state index in [1.165, 1.54) is 0 Å². The van der Waals surface area contributed by atoms with Gasteiger partial charge in [-0.1, -0.05) is 63.2 Å². The van der Waals surface area contributed by atoms with Crippen LogP contribution in [0.5, 0.6) is 5.75 Å². The van der Waals surface area contributed by atoms with Crippen molar-refractivity contribution in [1.82, 2.24) is 10.2 Å². The molecule has 0 heterocycles. The summed E-state index contributed by atoms with van der Waals surface area (Å²) in [5, 5.41) is 3.01. The summed E-state index contributed by atoms with van der Waals surface area (Å²) >= 11 is 0. The maximum absolute atomic E-state index is 13.1. The van der Waals surface area contributed by atoms with E-state index < -0.39 is 6.04 Å². The molecule has 0 radical (unpaired) electrons. The molecule has 5 heteroatoms. The van der Waals surface area contributed by atoms with E-state index in [0.717, 1.165) is 16.9 Å². The molecule has 1 N–H and O–H groups in total. The molecule has 2 rings (SSSR count). The molecule has 2 aromatic rings. The third-order valence-electron chi connectivity index (χ3n) is 4.75. The Labute approximate surface area is 174 Å². The molecule has 29 heavy (non-hydrogen) atoms. The van der Waals surface area contributed by atoms with Crippen molar-refractivity contribution in [3.05, 3.63) is 65.7 Å². The van der Waals surface area contributed by atoms with Crippen LogP contribution in [0.4, 0.5) is 0 Å². The molecule has 2 amide bonds. The third-order valence-corrected chi connectivity index (χ3v) is 4.75. The summed E-state index contributed by atoms with van der Waals surface area (Å²) in [6, 6.07) is 16.9. The highest BCUT2D eigenvalue weighted by molar-refractivity contribution is 5.87. The molecule has 156 valence electrons. The van der Waals surface area contributed by atoms with E-state index in [9.17, 15) is 9.59 Å². The molecule has 1 unspecified atom stereocenters. The molecular formula is C24H32N2O3. The third kappa shape index (κ3) is 6.93. The van der Waals surface area contributed by atoms with Gasteiger partial charge in [-0.3, -0.25) is 9.59 Å². The average Bonchev–Trinajstić information content (AvgIpc) is 2.74. The normalized spacial score (nSPS) is 11.8. The topological polar surface area (TPSA) is 58.6 Å². The van der Waals surface area contributed by atoms with Gasteiger partial charge < -0.3 is 15.0 Å². The summed E-state index contributed by atoms with van der Waals surface area (Å²) in [5.74, 6) is 0.904. The Morgan fingerprint density at radius 3 is 2.34 bits per heavy atom. The zero-order valence-corrected chi connectivity index (χ0v) is 17.9. The molecular weight excluding hydrogens is 364 g/mol. The molecule has 1 atom stereocenters. The highest BCUT2D eigenvalue weighted by Gasteiger charge is 2.29. The highest BCUT2D eigenvalue weighted by Crippen LogP contribution is 2.19. The smallest absolute Gasteiger partial charge is 0.243 e. The van der Waals surface area contributed by atoms with Crippen LogP contribution in [0.1, 0.15) is 38.3 Å². The maximum atomic E-state index is 13.1. The predicted octanol–water partition coefficient (Wildman–Crippen LogP) is 3.82. The Hall–Kier alpha value is -2.82. The molecule has 0 saturated carbocycles. The second-order valence-corrected chi connectivity index (χ2v) is 7.57. The van der Waals surface area contributed by atoms with Gasteiger partial charge in [-0.25, -0.2) is 0 Å². The number of hydrogen-bond acceptors (Lipinski definition) is 3. The minimum absolute atomic E-state index is 0.0477. The lowest BCUT2D eigenvalue weighted by Gasteiger charge is -2.31. The average molecular weight is 397 g/mol. The van der Waals surface area contributed by atoms with Crippen molar-refractivity contribution in [3.63, 3.8) is 0 Å². The van der Waals surface area contributed by atoms with Gasteiger partial charge in [-0.05, 0) is 29.2 Å². The van der Waals surface area contributed by atoms with Gasteiger partial charge in [0.15, 0.2) is 0 Å². The van der Waals surface area contributed by atoms with Gasteiger partial charge in [-0.2, -0.15) is 0 Å². The monoisotopic (exact) mass is 396 g/mol. The van der Waals surface area contributed by atoms with Gasteiger partial charge in [0.25, 0.3) is 0 Å². The number of benzene rings is 2. The summed E-state index contributed by atoms with van der Waals surface area (Å²) < 4.78 is 5.31. The molecule has 0 saturated heterocycles. The highest BCUT2D eigenvalue weighted by atomic mass is 16.5. The zero-order chi connectivity index (χ0) is 21.2. The van der Waals surface area contributed by atoms with E-state index in [4.69, 9.17) is 4.74 Å². The Morgan fingerprint density at radius 2 is 1.72 bits per heavy atom. The predicted molar refractivity (Wildman–Crippen MR) is 116 cm³/mol. The first kappa shape index (κ1) is 22.5. The van der Waals surface area contributed by atoms with Gasteiger partial charge in [0.1, 0.15) is 11.8 Å². The fourth-order valence-corrected chi connectivity index (χ4v) is 3.15. The largest absolute Gasteiger partial charge is 0.497 e. The Morgan fingerprint density at radius 1 is 1.03 bits per heavy atom. The van der Waals surface area contributed by atoms with E-state index in [2.05, 4.69) is 19.2 Å². The standard InChI is InChI=1S/C24H32N2O3/c1-5-23(27)26(17-20-12-9-13-21(14-20)29-4)22(24(28)25-16-18(2)3)15-19-10-7-6-8-11-19/h6-14,18,22H,5,15-17H2,1-4H3,(H,25,28). The van der Waals surface area contributed by atoms with Gasteiger partial charge in [0, 0.05) is 25.9 Å². The van der Waals surface area contributed by atoms with E-state index in [0.29, 0.717) is 31.8 Å². The lowest BCUT2D eigenvalue weighted by molar-refractivity contribution is -0.141. The van der Waals surface area contributed by atoms with Crippen LogP contribution in [-0.2, 0) is 22.6 Å². The number of carbonyl (C=O) groups is 2. The number of methoxy groups -OCH3 is 1. The number of ether oxygens (including phenoxy) is 1. The number of amides is 2. The van der Waals surface area contributed by atoms with Crippen molar-refractivity contribution in [2.45, 2.75) is 46.2 Å². The van der Waals surface area contributed by atoms with Crippen LogP contribution < -0.4 is 10.1 Å². The minimum atomic E-state index is -0.574. The second-order valence-electron chi connectivity index (χ2n) is 7.57.